The smallest absolute Gasteiger partial charge is 0.257 e. The Bertz CT molecular complexity index is 325. The van der Waals surface area contributed by atoms with Crippen molar-refractivity contribution in [2.75, 3.05) is 19.7 Å². The highest BCUT2D eigenvalue weighted by Crippen LogP contribution is 2.25. The molecule has 2 rings (SSSR count). The van der Waals surface area contributed by atoms with Crippen LogP contribution in [0.25, 0.3) is 0 Å². The minimum Gasteiger partial charge on any atom is -0.488 e. The minimum absolute atomic E-state index is 0.211. The van der Waals surface area contributed by atoms with E-state index in [0.717, 1.165) is 31.7 Å². The number of nitrogens with one attached hydrogen (secondary N) is 1. The maximum atomic E-state index is 5.84. The van der Waals surface area contributed by atoms with Crippen molar-refractivity contribution in [2.45, 2.75) is 25.9 Å². The average Bonchev–Trinajstić information content (AvgIpc) is 2.33. The molecular weight excluding hydrogens is 204 g/mol. The number of aromatic nitrogens is 1. The monoisotopic (exact) mass is 222 g/mol. The molecule has 0 radical (unpaired) electrons. The van der Waals surface area contributed by atoms with Gasteiger partial charge in [0.2, 0.25) is 0 Å². The van der Waals surface area contributed by atoms with Gasteiger partial charge in [0.25, 0.3) is 5.88 Å². The number of hydrogen-bond donors (Lipinski definition) is 1. The molecule has 1 N–H and O–H groups in total. The molecule has 0 aliphatic carbocycles. The van der Waals surface area contributed by atoms with E-state index in [1.54, 1.807) is 6.20 Å². The van der Waals surface area contributed by atoms with Gasteiger partial charge in [0, 0.05) is 12.7 Å². The fourth-order valence-electron chi connectivity index (χ4n) is 1.81. The zero-order chi connectivity index (χ0) is 11.2. The second-order valence-corrected chi connectivity index (χ2v) is 3.83. The molecule has 0 amide bonds. The molecule has 4 heteroatoms. The first-order chi connectivity index (χ1) is 7.90. The Morgan fingerprint density at radius 1 is 1.56 bits per heavy atom. The fraction of sp³-hybridized carbons (Fsp3) is 0.583. The lowest BCUT2D eigenvalue weighted by atomic mass is 10.1. The van der Waals surface area contributed by atoms with Crippen LogP contribution in [0.3, 0.4) is 0 Å². The van der Waals surface area contributed by atoms with Gasteiger partial charge in [0.15, 0.2) is 5.75 Å². The molecular formula is C12H18N2O2. The van der Waals surface area contributed by atoms with Crippen LogP contribution in [-0.4, -0.2) is 30.8 Å². The Morgan fingerprint density at radius 2 is 2.50 bits per heavy atom. The van der Waals surface area contributed by atoms with Crippen LogP contribution >= 0.6 is 0 Å². The zero-order valence-corrected chi connectivity index (χ0v) is 9.61. The van der Waals surface area contributed by atoms with Gasteiger partial charge in [-0.15, -0.1) is 0 Å². The lowest BCUT2D eigenvalue weighted by molar-refractivity contribution is 0.152. The maximum absolute atomic E-state index is 5.84. The first-order valence-electron chi connectivity index (χ1n) is 5.85. The number of piperidine rings is 1. The summed E-state index contributed by atoms with van der Waals surface area (Å²) in [6.45, 7) is 4.56. The van der Waals surface area contributed by atoms with Gasteiger partial charge >= 0.3 is 0 Å². The number of nitrogens with zero attached hydrogens (tertiary/aromatic N) is 1. The molecule has 1 aromatic rings. The van der Waals surface area contributed by atoms with Crippen LogP contribution in [0, 0.1) is 0 Å². The summed E-state index contributed by atoms with van der Waals surface area (Å²) in [6, 6.07) is 3.75. The quantitative estimate of drug-likeness (QED) is 0.840. The van der Waals surface area contributed by atoms with Gasteiger partial charge < -0.3 is 14.8 Å². The molecule has 4 nitrogen and oxygen atoms in total. The van der Waals surface area contributed by atoms with Gasteiger partial charge in [-0.05, 0) is 38.4 Å². The number of hydrogen-bond acceptors (Lipinski definition) is 4. The second-order valence-electron chi connectivity index (χ2n) is 3.83. The first kappa shape index (κ1) is 11.2. The van der Waals surface area contributed by atoms with Crippen LogP contribution in [-0.2, 0) is 0 Å². The predicted octanol–water partition coefficient (Wildman–Crippen LogP) is 1.61. The Kier molecular flexibility index (Phi) is 3.99. The van der Waals surface area contributed by atoms with Crippen LogP contribution < -0.4 is 14.8 Å². The third-order valence-corrected chi connectivity index (χ3v) is 2.57. The van der Waals surface area contributed by atoms with Crippen LogP contribution in [0.4, 0.5) is 0 Å². The van der Waals surface area contributed by atoms with Crippen molar-refractivity contribution in [3.8, 4) is 11.6 Å². The van der Waals surface area contributed by atoms with Crippen LogP contribution in [0.5, 0.6) is 11.6 Å². The van der Waals surface area contributed by atoms with Crippen LogP contribution in [0.15, 0.2) is 18.3 Å². The van der Waals surface area contributed by atoms with Gasteiger partial charge in [-0.2, -0.15) is 0 Å². The van der Waals surface area contributed by atoms with Crippen LogP contribution in [0.2, 0.25) is 0 Å². The Balaban J connectivity index is 2.01. The maximum Gasteiger partial charge on any atom is 0.257 e. The number of pyridine rings is 1. The van der Waals surface area contributed by atoms with Crippen molar-refractivity contribution in [3.63, 3.8) is 0 Å². The molecule has 0 spiro atoms. The third kappa shape index (κ3) is 2.85. The first-order valence-corrected chi connectivity index (χ1v) is 5.85. The lowest BCUT2D eigenvalue weighted by Gasteiger charge is -2.24. The van der Waals surface area contributed by atoms with Crippen LogP contribution in [0.1, 0.15) is 19.8 Å². The van der Waals surface area contributed by atoms with Gasteiger partial charge in [-0.3, -0.25) is 0 Å². The standard InChI is InChI=1S/C12H18N2O2/c1-2-15-11-6-4-8-14-12(11)16-10-5-3-7-13-9-10/h4,6,8,10,13H,2-3,5,7,9H2,1H3/t10-/m0/s1. The summed E-state index contributed by atoms with van der Waals surface area (Å²) < 4.78 is 11.3. The summed E-state index contributed by atoms with van der Waals surface area (Å²) in [5, 5.41) is 3.31. The third-order valence-electron chi connectivity index (χ3n) is 2.57. The van der Waals surface area contributed by atoms with E-state index in [1.165, 1.54) is 0 Å². The summed E-state index contributed by atoms with van der Waals surface area (Å²) in [5.74, 6) is 1.34. The summed E-state index contributed by atoms with van der Waals surface area (Å²) in [5.41, 5.74) is 0. The predicted molar refractivity (Wildman–Crippen MR) is 61.9 cm³/mol. The highest BCUT2D eigenvalue weighted by atomic mass is 16.5. The van der Waals surface area contributed by atoms with E-state index in [9.17, 15) is 0 Å². The molecule has 1 aliphatic rings. The Hall–Kier alpha value is -1.29. The normalized spacial score (nSPS) is 20.4. The van der Waals surface area contributed by atoms with E-state index in [4.69, 9.17) is 9.47 Å². The molecule has 1 aromatic heterocycles. The van der Waals surface area contributed by atoms with Crippen molar-refractivity contribution in [1.82, 2.24) is 10.3 Å². The van der Waals surface area contributed by atoms with E-state index in [2.05, 4.69) is 10.3 Å². The Labute approximate surface area is 96.0 Å². The molecule has 1 saturated heterocycles. The highest BCUT2D eigenvalue weighted by molar-refractivity contribution is 5.32. The van der Waals surface area contributed by atoms with Gasteiger partial charge in [-0.1, -0.05) is 0 Å². The Morgan fingerprint density at radius 3 is 3.25 bits per heavy atom. The number of ether oxygens (including phenoxy) is 2. The molecule has 1 aliphatic heterocycles. The average molecular weight is 222 g/mol. The molecule has 1 atom stereocenters. The van der Waals surface area contributed by atoms with Gasteiger partial charge in [-0.25, -0.2) is 4.98 Å². The van der Waals surface area contributed by atoms with Crippen molar-refractivity contribution in [3.05, 3.63) is 18.3 Å². The molecule has 0 bridgehead atoms. The van der Waals surface area contributed by atoms with Crippen molar-refractivity contribution >= 4 is 0 Å². The molecule has 88 valence electrons. The van der Waals surface area contributed by atoms with E-state index in [-0.39, 0.29) is 6.10 Å². The largest absolute Gasteiger partial charge is 0.488 e. The minimum atomic E-state index is 0.211. The summed E-state index contributed by atoms with van der Waals surface area (Å²) in [4.78, 5) is 4.22. The SMILES string of the molecule is CCOc1cccnc1O[C@H]1CCCNC1. The highest BCUT2D eigenvalue weighted by Gasteiger charge is 2.17. The zero-order valence-electron chi connectivity index (χ0n) is 9.61. The van der Waals surface area contributed by atoms with Crippen molar-refractivity contribution < 1.29 is 9.47 Å². The molecule has 0 aromatic carbocycles. The van der Waals surface area contributed by atoms with Crippen molar-refractivity contribution in [1.29, 1.82) is 0 Å². The second kappa shape index (κ2) is 5.70. The molecule has 0 saturated carbocycles. The van der Waals surface area contributed by atoms with Gasteiger partial charge in [0.05, 0.1) is 6.61 Å². The fourth-order valence-corrected chi connectivity index (χ4v) is 1.81. The lowest BCUT2D eigenvalue weighted by Crippen LogP contribution is -2.37. The summed E-state index contributed by atoms with van der Waals surface area (Å²) >= 11 is 0. The van der Waals surface area contributed by atoms with E-state index < -0.39 is 0 Å². The topological polar surface area (TPSA) is 43.4 Å². The summed E-state index contributed by atoms with van der Waals surface area (Å²) in [7, 11) is 0. The van der Waals surface area contributed by atoms with Crippen molar-refractivity contribution in [2.24, 2.45) is 0 Å². The molecule has 0 unspecified atom stereocenters. The molecule has 2 heterocycles. The van der Waals surface area contributed by atoms with E-state index in [1.807, 2.05) is 19.1 Å². The van der Waals surface area contributed by atoms with E-state index >= 15 is 0 Å². The molecule has 16 heavy (non-hydrogen) atoms. The van der Waals surface area contributed by atoms with E-state index in [0.29, 0.717) is 12.5 Å². The summed E-state index contributed by atoms with van der Waals surface area (Å²) in [6.07, 6.45) is 4.17. The van der Waals surface area contributed by atoms with Gasteiger partial charge in [0.1, 0.15) is 6.10 Å². The number of rotatable bonds is 4. The molecule has 1 fully saturated rings.